The Morgan fingerprint density at radius 2 is 1.95 bits per heavy atom. The molecule has 0 aromatic rings. The van der Waals surface area contributed by atoms with Crippen molar-refractivity contribution >= 4 is 34.8 Å². The maximum absolute atomic E-state index is 11.8. The number of halogens is 2. The second-order valence-electron chi connectivity index (χ2n) is 4.90. The van der Waals surface area contributed by atoms with Crippen molar-refractivity contribution in [1.82, 2.24) is 14.9 Å². The van der Waals surface area contributed by atoms with Gasteiger partial charge in [0.25, 0.3) is 0 Å². The summed E-state index contributed by atoms with van der Waals surface area (Å²) >= 11 is 0. The van der Waals surface area contributed by atoms with Crippen LogP contribution in [0.2, 0.25) is 0 Å². The van der Waals surface area contributed by atoms with Crippen LogP contribution in [0.5, 0.6) is 0 Å². The molecule has 0 aromatic carbocycles. The predicted molar refractivity (Wildman–Crippen MR) is 84.6 cm³/mol. The second kappa shape index (κ2) is 10.2. The lowest BCUT2D eigenvalue weighted by molar-refractivity contribution is 0.127. The van der Waals surface area contributed by atoms with Crippen LogP contribution in [0.15, 0.2) is 0 Å². The van der Waals surface area contributed by atoms with E-state index in [1.807, 2.05) is 0 Å². The molecule has 1 atom stereocenters. The highest BCUT2D eigenvalue weighted by atomic mass is 35.5. The molecule has 6 nitrogen and oxygen atoms in total. The summed E-state index contributed by atoms with van der Waals surface area (Å²) in [7, 11) is -3.18. The molecule has 2 fully saturated rings. The van der Waals surface area contributed by atoms with Crippen molar-refractivity contribution in [2.75, 3.05) is 51.6 Å². The molecule has 0 radical (unpaired) electrons. The van der Waals surface area contributed by atoms with Gasteiger partial charge in [0.2, 0.25) is 10.0 Å². The van der Waals surface area contributed by atoms with E-state index in [-0.39, 0.29) is 36.7 Å². The maximum Gasteiger partial charge on any atom is 0.214 e. The first-order valence-corrected chi connectivity index (χ1v) is 8.33. The van der Waals surface area contributed by atoms with Gasteiger partial charge in [-0.05, 0) is 12.8 Å². The summed E-state index contributed by atoms with van der Waals surface area (Å²) in [5, 5.41) is 3.27. The number of nitrogens with zero attached hydrogens (tertiary/aromatic N) is 1. The standard InChI is InChI=1S/C11H23N3O3S.2ClH/c15-18(16,10-11-2-1-9-17-11)13-5-8-14-6-3-12-4-7-14;;/h11-13H,1-10H2;2*1H. The fourth-order valence-corrected chi connectivity index (χ4v) is 3.65. The van der Waals surface area contributed by atoms with Gasteiger partial charge in [0.1, 0.15) is 0 Å². The Morgan fingerprint density at radius 3 is 2.55 bits per heavy atom. The lowest BCUT2D eigenvalue weighted by atomic mass is 10.3. The van der Waals surface area contributed by atoms with Crippen LogP contribution >= 0.6 is 24.8 Å². The normalized spacial score (nSPS) is 23.9. The highest BCUT2D eigenvalue weighted by Gasteiger charge is 2.23. The largest absolute Gasteiger partial charge is 0.377 e. The summed E-state index contributed by atoms with van der Waals surface area (Å²) in [6, 6.07) is 0. The molecule has 2 N–H and O–H groups in total. The van der Waals surface area contributed by atoms with E-state index < -0.39 is 10.0 Å². The number of rotatable bonds is 6. The molecule has 2 heterocycles. The lowest BCUT2D eigenvalue weighted by Gasteiger charge is -2.27. The molecule has 0 bridgehead atoms. The minimum absolute atomic E-state index is 0. The molecule has 2 aliphatic heterocycles. The van der Waals surface area contributed by atoms with Crippen molar-refractivity contribution in [2.24, 2.45) is 0 Å². The van der Waals surface area contributed by atoms with Crippen molar-refractivity contribution in [3.63, 3.8) is 0 Å². The molecule has 2 aliphatic rings. The summed E-state index contributed by atoms with van der Waals surface area (Å²) < 4.78 is 31.6. The summed E-state index contributed by atoms with van der Waals surface area (Å²) in [4.78, 5) is 2.27. The minimum Gasteiger partial charge on any atom is -0.377 e. The maximum atomic E-state index is 11.8. The summed E-state index contributed by atoms with van der Waals surface area (Å²) in [6.07, 6.45) is 1.72. The van der Waals surface area contributed by atoms with Gasteiger partial charge < -0.3 is 10.1 Å². The minimum atomic E-state index is -3.18. The average molecular weight is 350 g/mol. The molecular formula is C11H25Cl2N3O3S. The Morgan fingerprint density at radius 1 is 1.25 bits per heavy atom. The molecule has 0 saturated carbocycles. The summed E-state index contributed by atoms with van der Waals surface area (Å²) in [5.74, 6) is 0.106. The van der Waals surface area contributed by atoms with Crippen LogP contribution in [0.1, 0.15) is 12.8 Å². The van der Waals surface area contributed by atoms with Crippen LogP contribution in [0.4, 0.5) is 0 Å². The van der Waals surface area contributed by atoms with Gasteiger partial charge in [0.05, 0.1) is 11.9 Å². The van der Waals surface area contributed by atoms with E-state index in [9.17, 15) is 8.42 Å². The second-order valence-corrected chi connectivity index (χ2v) is 6.75. The van der Waals surface area contributed by atoms with Crippen molar-refractivity contribution in [2.45, 2.75) is 18.9 Å². The Hall–Kier alpha value is 0.370. The predicted octanol–water partition coefficient (Wildman–Crippen LogP) is -0.166. The van der Waals surface area contributed by atoms with Gasteiger partial charge in [-0.15, -0.1) is 24.8 Å². The Balaban J connectivity index is 0.00000180. The fraction of sp³-hybridized carbons (Fsp3) is 1.00. The van der Waals surface area contributed by atoms with Crippen LogP contribution in [-0.4, -0.2) is 71.0 Å². The monoisotopic (exact) mass is 349 g/mol. The highest BCUT2D eigenvalue weighted by Crippen LogP contribution is 2.13. The fourth-order valence-electron chi connectivity index (χ4n) is 2.37. The Kier molecular flexibility index (Phi) is 10.3. The van der Waals surface area contributed by atoms with Gasteiger partial charge in [-0.25, -0.2) is 13.1 Å². The molecule has 0 aliphatic carbocycles. The van der Waals surface area contributed by atoms with Crippen molar-refractivity contribution < 1.29 is 13.2 Å². The lowest BCUT2D eigenvalue weighted by Crippen LogP contribution is -2.46. The van der Waals surface area contributed by atoms with E-state index in [4.69, 9.17) is 4.74 Å². The third-order valence-electron chi connectivity index (χ3n) is 3.39. The van der Waals surface area contributed by atoms with Crippen LogP contribution < -0.4 is 10.0 Å². The zero-order chi connectivity index (χ0) is 12.8. The first-order valence-electron chi connectivity index (χ1n) is 6.68. The molecule has 0 spiro atoms. The topological polar surface area (TPSA) is 70.7 Å². The molecule has 122 valence electrons. The van der Waals surface area contributed by atoms with Crippen LogP contribution in [-0.2, 0) is 14.8 Å². The number of sulfonamides is 1. The summed E-state index contributed by atoms with van der Waals surface area (Å²) in [6.45, 7) is 5.94. The Bertz CT molecular complexity index is 345. The molecule has 1 unspecified atom stereocenters. The number of hydrogen-bond acceptors (Lipinski definition) is 5. The smallest absolute Gasteiger partial charge is 0.214 e. The van der Waals surface area contributed by atoms with E-state index in [1.165, 1.54) is 0 Å². The van der Waals surface area contributed by atoms with Crippen LogP contribution in [0.25, 0.3) is 0 Å². The first kappa shape index (κ1) is 20.4. The van der Waals surface area contributed by atoms with Crippen LogP contribution in [0.3, 0.4) is 0 Å². The average Bonchev–Trinajstić information content (AvgIpc) is 2.82. The summed E-state index contributed by atoms with van der Waals surface area (Å²) in [5.41, 5.74) is 0. The zero-order valence-electron chi connectivity index (χ0n) is 11.5. The van der Waals surface area contributed by atoms with E-state index in [0.29, 0.717) is 13.2 Å². The molecule has 20 heavy (non-hydrogen) atoms. The van der Waals surface area contributed by atoms with Gasteiger partial charge in [-0.2, -0.15) is 0 Å². The third kappa shape index (κ3) is 7.40. The van der Waals surface area contributed by atoms with Gasteiger partial charge in [-0.3, -0.25) is 4.90 Å². The molecule has 2 saturated heterocycles. The van der Waals surface area contributed by atoms with E-state index in [1.54, 1.807) is 0 Å². The molecule has 0 amide bonds. The Labute approximate surface area is 133 Å². The van der Waals surface area contributed by atoms with E-state index >= 15 is 0 Å². The van der Waals surface area contributed by atoms with Gasteiger partial charge in [0.15, 0.2) is 0 Å². The van der Waals surface area contributed by atoms with Gasteiger partial charge in [0, 0.05) is 45.9 Å². The molecule has 0 aromatic heterocycles. The number of ether oxygens (including phenoxy) is 1. The quantitative estimate of drug-likeness (QED) is 0.696. The van der Waals surface area contributed by atoms with Gasteiger partial charge in [-0.1, -0.05) is 0 Å². The molecule has 9 heteroatoms. The molecular weight excluding hydrogens is 325 g/mol. The molecule has 2 rings (SSSR count). The number of nitrogens with one attached hydrogen (secondary N) is 2. The zero-order valence-corrected chi connectivity index (χ0v) is 14.0. The third-order valence-corrected chi connectivity index (χ3v) is 4.84. The van der Waals surface area contributed by atoms with Crippen molar-refractivity contribution in [1.29, 1.82) is 0 Å². The van der Waals surface area contributed by atoms with Crippen molar-refractivity contribution in [3.05, 3.63) is 0 Å². The van der Waals surface area contributed by atoms with E-state index in [0.717, 1.165) is 45.6 Å². The number of hydrogen-bond donors (Lipinski definition) is 2. The van der Waals surface area contributed by atoms with Gasteiger partial charge >= 0.3 is 0 Å². The van der Waals surface area contributed by atoms with Crippen LogP contribution in [0, 0.1) is 0 Å². The first-order chi connectivity index (χ1) is 8.66. The van der Waals surface area contributed by atoms with Crippen molar-refractivity contribution in [3.8, 4) is 0 Å². The SMILES string of the molecule is Cl.Cl.O=S(=O)(CC1CCCO1)NCCN1CCNCC1. The van der Waals surface area contributed by atoms with E-state index in [2.05, 4.69) is 14.9 Å². The highest BCUT2D eigenvalue weighted by molar-refractivity contribution is 7.89. The number of piperazine rings is 1.